The average molecular weight is 434 g/mol. The molecule has 162 valence electrons. The number of aromatic amines is 1. The van der Waals surface area contributed by atoms with Gasteiger partial charge < -0.3 is 19.8 Å². The fraction of sp³-hybridized carbons (Fsp3) is 0.182. The van der Waals surface area contributed by atoms with E-state index in [4.69, 9.17) is 14.4 Å². The molecule has 0 unspecified atom stereocenters. The van der Waals surface area contributed by atoms with Crippen LogP contribution in [0.5, 0.6) is 5.75 Å². The van der Waals surface area contributed by atoms with E-state index < -0.39 is 17.2 Å². The van der Waals surface area contributed by atoms with Crippen molar-refractivity contribution in [2.24, 2.45) is 0 Å². The number of ether oxygens (including phenoxy) is 1. The number of anilines is 4. The number of aryl methyl sites for hydroxylation is 1. The molecule has 3 N–H and O–H groups in total. The van der Waals surface area contributed by atoms with Gasteiger partial charge in [0.1, 0.15) is 23.5 Å². The van der Waals surface area contributed by atoms with Crippen LogP contribution >= 0.6 is 0 Å². The summed E-state index contributed by atoms with van der Waals surface area (Å²) in [6.07, 6.45) is 1.62. The Balaban J connectivity index is 1.58. The quantitative estimate of drug-likeness (QED) is 0.404. The molecule has 2 aromatic heterocycles. The number of benzene rings is 2. The Hall–Kier alpha value is -4.39. The molecular weight excluding hydrogens is 415 g/mol. The molecule has 0 amide bonds. The minimum Gasteiger partial charge on any atom is -0.473 e. The predicted octanol–water partition coefficient (Wildman–Crippen LogP) is 4.53. The molecule has 4 rings (SSSR count). The van der Waals surface area contributed by atoms with Crippen molar-refractivity contribution < 1.29 is 13.5 Å². The summed E-state index contributed by atoms with van der Waals surface area (Å²) in [5.41, 5.74) is 1.71. The van der Waals surface area contributed by atoms with E-state index in [0.717, 1.165) is 5.56 Å². The van der Waals surface area contributed by atoms with Crippen LogP contribution in [0.3, 0.4) is 0 Å². The zero-order valence-corrected chi connectivity index (χ0v) is 17.5. The highest BCUT2D eigenvalue weighted by molar-refractivity contribution is 5.78. The van der Waals surface area contributed by atoms with E-state index >= 15 is 0 Å². The van der Waals surface area contributed by atoms with Crippen molar-refractivity contribution in [2.45, 2.75) is 26.4 Å². The molecule has 0 radical (unpaired) electrons. The monoisotopic (exact) mass is 434 g/mol. The molecule has 9 nitrogen and oxygen atoms in total. The number of halogens is 1. The van der Waals surface area contributed by atoms with Crippen LogP contribution in [0.4, 0.5) is 27.5 Å². The molecular formula is C22H19FN6O3. The number of fused-ring (bicyclic) bond motifs is 1. The number of nitrogens with zero attached hydrogens (tertiary/aromatic N) is 3. The van der Waals surface area contributed by atoms with Gasteiger partial charge in [0.15, 0.2) is 11.2 Å². The van der Waals surface area contributed by atoms with Crippen LogP contribution < -0.4 is 21.1 Å². The molecule has 0 aliphatic heterocycles. The van der Waals surface area contributed by atoms with Crippen molar-refractivity contribution in [1.29, 1.82) is 5.26 Å². The molecule has 0 bridgehead atoms. The summed E-state index contributed by atoms with van der Waals surface area (Å²) in [5, 5.41) is 15.3. The van der Waals surface area contributed by atoms with E-state index in [9.17, 15) is 9.18 Å². The fourth-order valence-electron chi connectivity index (χ4n) is 2.94. The first kappa shape index (κ1) is 20.9. The average Bonchev–Trinajstić information content (AvgIpc) is 3.09. The van der Waals surface area contributed by atoms with Gasteiger partial charge in [-0.3, -0.25) is 4.98 Å². The molecule has 2 heterocycles. The van der Waals surface area contributed by atoms with Gasteiger partial charge in [-0.2, -0.15) is 10.2 Å². The van der Waals surface area contributed by atoms with Crippen LogP contribution in [0.2, 0.25) is 0 Å². The van der Waals surface area contributed by atoms with E-state index in [2.05, 4.69) is 25.6 Å². The topological polar surface area (TPSA) is 129 Å². The molecule has 4 aromatic rings. The number of hydrogen-bond donors (Lipinski definition) is 3. The van der Waals surface area contributed by atoms with Crippen molar-refractivity contribution in [1.82, 2.24) is 15.0 Å². The third kappa shape index (κ3) is 4.67. The van der Waals surface area contributed by atoms with Crippen LogP contribution in [0.25, 0.3) is 11.1 Å². The Labute approximate surface area is 181 Å². The number of nitrogens with one attached hydrogen (secondary N) is 3. The van der Waals surface area contributed by atoms with Gasteiger partial charge in [-0.05, 0) is 45.0 Å². The Morgan fingerprint density at radius 1 is 1.19 bits per heavy atom. The number of oxazole rings is 1. The Kier molecular flexibility index (Phi) is 5.24. The van der Waals surface area contributed by atoms with E-state index in [1.54, 1.807) is 44.3 Å². The van der Waals surface area contributed by atoms with Gasteiger partial charge in [0.05, 0.1) is 5.52 Å². The largest absolute Gasteiger partial charge is 0.473 e. The maximum absolute atomic E-state index is 14.1. The number of aromatic nitrogens is 3. The van der Waals surface area contributed by atoms with E-state index in [0.29, 0.717) is 28.3 Å². The van der Waals surface area contributed by atoms with Gasteiger partial charge in [0.2, 0.25) is 5.95 Å². The maximum Gasteiger partial charge on any atom is 0.417 e. The second-order valence-corrected chi connectivity index (χ2v) is 7.60. The van der Waals surface area contributed by atoms with E-state index in [1.807, 2.05) is 13.0 Å². The molecule has 0 atom stereocenters. The molecule has 0 fully saturated rings. The fourth-order valence-corrected chi connectivity index (χ4v) is 2.94. The highest BCUT2D eigenvalue weighted by atomic mass is 19.1. The number of hydrogen-bond acceptors (Lipinski definition) is 8. The van der Waals surface area contributed by atoms with Crippen LogP contribution in [0, 0.1) is 24.1 Å². The second-order valence-electron chi connectivity index (χ2n) is 7.60. The van der Waals surface area contributed by atoms with Gasteiger partial charge in [0, 0.05) is 35.3 Å². The van der Waals surface area contributed by atoms with Gasteiger partial charge in [-0.25, -0.2) is 14.2 Å². The molecule has 2 aromatic carbocycles. The van der Waals surface area contributed by atoms with Crippen LogP contribution in [0.15, 0.2) is 51.8 Å². The van der Waals surface area contributed by atoms with Crippen LogP contribution in [0.1, 0.15) is 19.4 Å². The Morgan fingerprint density at radius 2 is 2.00 bits per heavy atom. The smallest absolute Gasteiger partial charge is 0.417 e. The van der Waals surface area contributed by atoms with Crippen molar-refractivity contribution >= 4 is 34.2 Å². The summed E-state index contributed by atoms with van der Waals surface area (Å²) in [6, 6.07) is 11.2. The van der Waals surface area contributed by atoms with Gasteiger partial charge in [-0.1, -0.05) is 0 Å². The number of rotatable bonds is 6. The lowest BCUT2D eigenvalue weighted by atomic mass is 10.1. The highest BCUT2D eigenvalue weighted by Crippen LogP contribution is 2.27. The molecule has 10 heteroatoms. The Morgan fingerprint density at radius 3 is 2.78 bits per heavy atom. The summed E-state index contributed by atoms with van der Waals surface area (Å²) in [6.45, 7) is 5.01. The van der Waals surface area contributed by atoms with Crippen molar-refractivity contribution in [3.63, 3.8) is 0 Å². The molecule has 0 spiro atoms. The number of H-pyrrole nitrogens is 1. The molecule has 0 aliphatic carbocycles. The van der Waals surface area contributed by atoms with Crippen molar-refractivity contribution in [3.8, 4) is 11.8 Å². The standard InChI is InChI=1S/C22H19FN6O3/c1-12-10-25-20(27-15-6-13(23)7-16(8-15)32-22(2,3)11-24)29-19(12)26-14-4-5-18-17(9-14)28-21(30)31-18/h4-10H,1-3H3,(H,28,30)(H2,25,26,27,29). The summed E-state index contributed by atoms with van der Waals surface area (Å²) in [7, 11) is 0. The summed E-state index contributed by atoms with van der Waals surface area (Å²) < 4.78 is 24.6. The molecule has 0 saturated heterocycles. The minimum absolute atomic E-state index is 0.201. The lowest BCUT2D eigenvalue weighted by Crippen LogP contribution is -2.25. The minimum atomic E-state index is -1.11. The SMILES string of the molecule is Cc1cnc(Nc2cc(F)cc(OC(C)(C)C#N)c2)nc1Nc1ccc2oc(=O)[nH]c2c1. The molecule has 32 heavy (non-hydrogen) atoms. The zero-order valence-electron chi connectivity index (χ0n) is 17.5. The van der Waals surface area contributed by atoms with Crippen LogP contribution in [-0.2, 0) is 0 Å². The first-order chi connectivity index (χ1) is 15.2. The van der Waals surface area contributed by atoms with Crippen molar-refractivity contribution in [2.75, 3.05) is 10.6 Å². The van der Waals surface area contributed by atoms with Crippen LogP contribution in [-0.4, -0.2) is 20.6 Å². The molecule has 0 saturated carbocycles. The number of nitriles is 1. The third-order valence-corrected chi connectivity index (χ3v) is 4.42. The van der Waals surface area contributed by atoms with Gasteiger partial charge >= 0.3 is 5.76 Å². The first-order valence-corrected chi connectivity index (χ1v) is 9.62. The van der Waals surface area contributed by atoms with Gasteiger partial charge in [-0.15, -0.1) is 0 Å². The van der Waals surface area contributed by atoms with Gasteiger partial charge in [0.25, 0.3) is 0 Å². The van der Waals surface area contributed by atoms with E-state index in [-0.39, 0.29) is 11.7 Å². The third-order valence-electron chi connectivity index (χ3n) is 4.42. The van der Waals surface area contributed by atoms with E-state index in [1.165, 1.54) is 12.1 Å². The molecule has 0 aliphatic rings. The summed E-state index contributed by atoms with van der Waals surface area (Å²) in [5.74, 6) is -0.116. The lowest BCUT2D eigenvalue weighted by molar-refractivity contribution is 0.169. The normalized spacial score (nSPS) is 11.2. The second kappa shape index (κ2) is 8.03. The zero-order chi connectivity index (χ0) is 22.9. The van der Waals surface area contributed by atoms with Crippen molar-refractivity contribution in [3.05, 3.63) is 64.5 Å². The highest BCUT2D eigenvalue weighted by Gasteiger charge is 2.19. The summed E-state index contributed by atoms with van der Waals surface area (Å²) >= 11 is 0. The predicted molar refractivity (Wildman–Crippen MR) is 117 cm³/mol. The lowest BCUT2D eigenvalue weighted by Gasteiger charge is -2.19. The first-order valence-electron chi connectivity index (χ1n) is 9.62. The summed E-state index contributed by atoms with van der Waals surface area (Å²) in [4.78, 5) is 22.6. The Bertz CT molecular complexity index is 1400. The maximum atomic E-state index is 14.1.